The zero-order valence-electron chi connectivity index (χ0n) is 9.95. The largest absolute Gasteiger partial charge is 0.449 e. The van der Waals surface area contributed by atoms with Crippen molar-refractivity contribution in [1.82, 2.24) is 5.32 Å². The van der Waals surface area contributed by atoms with Gasteiger partial charge < -0.3 is 14.8 Å². The van der Waals surface area contributed by atoms with E-state index in [2.05, 4.69) is 5.32 Å². The molecule has 16 heavy (non-hydrogen) atoms. The van der Waals surface area contributed by atoms with Crippen LogP contribution in [0.1, 0.15) is 32.3 Å². The van der Waals surface area contributed by atoms with Crippen molar-refractivity contribution in [1.29, 1.82) is 5.26 Å². The van der Waals surface area contributed by atoms with Crippen molar-refractivity contribution in [2.24, 2.45) is 5.92 Å². The Labute approximate surface area is 95.9 Å². The van der Waals surface area contributed by atoms with Crippen molar-refractivity contribution in [3.63, 3.8) is 0 Å². The SMILES string of the molecule is CC(C)C(C)(O)CNCc1ccc(C#N)o1. The molecule has 0 aliphatic rings. The van der Waals surface area contributed by atoms with Gasteiger partial charge in [-0.15, -0.1) is 0 Å². The van der Waals surface area contributed by atoms with Crippen molar-refractivity contribution in [3.8, 4) is 6.07 Å². The number of hydrogen-bond acceptors (Lipinski definition) is 4. The van der Waals surface area contributed by atoms with Gasteiger partial charge in [0.1, 0.15) is 11.8 Å². The number of nitriles is 1. The lowest BCUT2D eigenvalue weighted by Crippen LogP contribution is -2.41. The van der Waals surface area contributed by atoms with Crippen LogP contribution in [0.5, 0.6) is 0 Å². The van der Waals surface area contributed by atoms with E-state index in [1.54, 1.807) is 19.1 Å². The Hall–Kier alpha value is -1.31. The third kappa shape index (κ3) is 3.37. The molecule has 1 aromatic rings. The smallest absolute Gasteiger partial charge is 0.203 e. The lowest BCUT2D eigenvalue weighted by Gasteiger charge is -2.27. The summed E-state index contributed by atoms with van der Waals surface area (Å²) in [6.07, 6.45) is 0. The van der Waals surface area contributed by atoms with Gasteiger partial charge in [-0.2, -0.15) is 5.26 Å². The van der Waals surface area contributed by atoms with Gasteiger partial charge in [0.2, 0.25) is 5.76 Å². The highest BCUT2D eigenvalue weighted by atomic mass is 16.3. The molecule has 0 aromatic carbocycles. The maximum absolute atomic E-state index is 9.98. The van der Waals surface area contributed by atoms with E-state index in [9.17, 15) is 5.11 Å². The zero-order chi connectivity index (χ0) is 12.2. The molecule has 1 heterocycles. The van der Waals surface area contributed by atoms with E-state index in [1.807, 2.05) is 19.9 Å². The monoisotopic (exact) mass is 222 g/mol. The highest BCUT2D eigenvalue weighted by Crippen LogP contribution is 2.15. The fraction of sp³-hybridized carbons (Fsp3) is 0.583. The lowest BCUT2D eigenvalue weighted by molar-refractivity contribution is 0.0136. The van der Waals surface area contributed by atoms with E-state index in [4.69, 9.17) is 9.68 Å². The second-order valence-electron chi connectivity index (χ2n) is 4.49. The summed E-state index contributed by atoms with van der Waals surface area (Å²) in [6, 6.07) is 5.32. The Morgan fingerprint density at radius 2 is 2.25 bits per heavy atom. The normalized spacial score (nSPS) is 14.8. The average molecular weight is 222 g/mol. The van der Waals surface area contributed by atoms with Crippen LogP contribution < -0.4 is 5.32 Å². The Morgan fingerprint density at radius 1 is 1.56 bits per heavy atom. The molecule has 0 amide bonds. The lowest BCUT2D eigenvalue weighted by atomic mass is 9.92. The number of nitrogens with one attached hydrogen (secondary N) is 1. The van der Waals surface area contributed by atoms with Gasteiger partial charge >= 0.3 is 0 Å². The summed E-state index contributed by atoms with van der Waals surface area (Å²) >= 11 is 0. The Bertz CT molecular complexity index is 375. The van der Waals surface area contributed by atoms with Crippen LogP contribution in [0.25, 0.3) is 0 Å². The van der Waals surface area contributed by atoms with Crippen LogP contribution in [-0.4, -0.2) is 17.3 Å². The van der Waals surface area contributed by atoms with Crippen molar-refractivity contribution >= 4 is 0 Å². The van der Waals surface area contributed by atoms with E-state index >= 15 is 0 Å². The minimum absolute atomic E-state index is 0.186. The Balaban J connectivity index is 2.39. The number of hydrogen-bond donors (Lipinski definition) is 2. The maximum Gasteiger partial charge on any atom is 0.203 e. The van der Waals surface area contributed by atoms with Crippen molar-refractivity contribution in [2.45, 2.75) is 32.9 Å². The number of aliphatic hydroxyl groups is 1. The predicted octanol–water partition coefficient (Wildman–Crippen LogP) is 1.65. The molecule has 0 spiro atoms. The number of furan rings is 1. The molecule has 4 nitrogen and oxygen atoms in total. The third-order valence-electron chi connectivity index (χ3n) is 2.80. The molecule has 1 unspecified atom stereocenters. The van der Waals surface area contributed by atoms with Crippen LogP contribution in [0, 0.1) is 17.2 Å². The van der Waals surface area contributed by atoms with E-state index in [0.717, 1.165) is 0 Å². The van der Waals surface area contributed by atoms with Gasteiger partial charge in [-0.1, -0.05) is 13.8 Å². The Kier molecular flexibility index (Phi) is 4.11. The molecule has 4 heteroatoms. The Morgan fingerprint density at radius 3 is 2.75 bits per heavy atom. The molecular weight excluding hydrogens is 204 g/mol. The fourth-order valence-corrected chi connectivity index (χ4v) is 1.18. The highest BCUT2D eigenvalue weighted by molar-refractivity contribution is 5.18. The standard InChI is InChI=1S/C12H18N2O2/c1-9(2)12(3,15)8-14-7-11-5-4-10(6-13)16-11/h4-5,9,14-15H,7-8H2,1-3H3. The maximum atomic E-state index is 9.98. The second-order valence-corrected chi connectivity index (χ2v) is 4.49. The van der Waals surface area contributed by atoms with Crippen molar-refractivity contribution < 1.29 is 9.52 Å². The van der Waals surface area contributed by atoms with Crippen molar-refractivity contribution in [3.05, 3.63) is 23.7 Å². The van der Waals surface area contributed by atoms with Gasteiger partial charge in [0, 0.05) is 6.54 Å². The summed E-state index contributed by atoms with van der Waals surface area (Å²) in [4.78, 5) is 0. The van der Waals surface area contributed by atoms with Gasteiger partial charge in [-0.05, 0) is 25.0 Å². The molecule has 1 aromatic heterocycles. The molecule has 2 N–H and O–H groups in total. The summed E-state index contributed by atoms with van der Waals surface area (Å²) in [7, 11) is 0. The zero-order valence-corrected chi connectivity index (χ0v) is 9.95. The average Bonchev–Trinajstić information content (AvgIpc) is 2.65. The summed E-state index contributed by atoms with van der Waals surface area (Å²) in [5.74, 6) is 1.20. The molecular formula is C12H18N2O2. The minimum Gasteiger partial charge on any atom is -0.449 e. The van der Waals surface area contributed by atoms with Crippen LogP contribution in [0.15, 0.2) is 16.5 Å². The molecule has 0 saturated heterocycles. The van der Waals surface area contributed by atoms with E-state index in [1.165, 1.54) is 0 Å². The molecule has 1 rings (SSSR count). The van der Waals surface area contributed by atoms with Gasteiger partial charge in [0.15, 0.2) is 0 Å². The van der Waals surface area contributed by atoms with Gasteiger partial charge in [-0.25, -0.2) is 0 Å². The van der Waals surface area contributed by atoms with Gasteiger partial charge in [-0.3, -0.25) is 0 Å². The summed E-state index contributed by atoms with van der Waals surface area (Å²) in [6.45, 7) is 6.76. The molecule has 0 saturated carbocycles. The molecule has 0 aliphatic carbocycles. The predicted molar refractivity (Wildman–Crippen MR) is 60.6 cm³/mol. The van der Waals surface area contributed by atoms with E-state index in [0.29, 0.717) is 24.6 Å². The van der Waals surface area contributed by atoms with Gasteiger partial charge in [0.25, 0.3) is 0 Å². The van der Waals surface area contributed by atoms with Crippen LogP contribution in [-0.2, 0) is 6.54 Å². The molecule has 0 radical (unpaired) electrons. The molecule has 1 atom stereocenters. The van der Waals surface area contributed by atoms with Crippen LogP contribution >= 0.6 is 0 Å². The van der Waals surface area contributed by atoms with Crippen LogP contribution in [0.2, 0.25) is 0 Å². The van der Waals surface area contributed by atoms with Gasteiger partial charge in [0.05, 0.1) is 12.1 Å². The minimum atomic E-state index is -0.731. The van der Waals surface area contributed by atoms with Crippen LogP contribution in [0.3, 0.4) is 0 Å². The highest BCUT2D eigenvalue weighted by Gasteiger charge is 2.24. The first-order valence-electron chi connectivity index (χ1n) is 5.37. The van der Waals surface area contributed by atoms with Crippen LogP contribution in [0.4, 0.5) is 0 Å². The summed E-state index contributed by atoms with van der Waals surface area (Å²) in [5.41, 5.74) is -0.731. The summed E-state index contributed by atoms with van der Waals surface area (Å²) in [5, 5.41) is 21.7. The molecule has 0 aliphatic heterocycles. The number of nitrogens with zero attached hydrogens (tertiary/aromatic N) is 1. The van der Waals surface area contributed by atoms with Crippen molar-refractivity contribution in [2.75, 3.05) is 6.54 Å². The fourth-order valence-electron chi connectivity index (χ4n) is 1.18. The third-order valence-corrected chi connectivity index (χ3v) is 2.80. The molecule has 0 fully saturated rings. The van der Waals surface area contributed by atoms with E-state index < -0.39 is 5.60 Å². The first-order valence-corrected chi connectivity index (χ1v) is 5.37. The first kappa shape index (κ1) is 12.8. The summed E-state index contributed by atoms with van der Waals surface area (Å²) < 4.78 is 5.20. The number of rotatable bonds is 5. The topological polar surface area (TPSA) is 69.2 Å². The molecule has 0 bridgehead atoms. The first-order chi connectivity index (χ1) is 7.45. The second kappa shape index (κ2) is 5.15. The molecule has 88 valence electrons. The van der Waals surface area contributed by atoms with E-state index in [-0.39, 0.29) is 5.92 Å². The quantitative estimate of drug-likeness (QED) is 0.794.